The molecule has 1 aliphatic rings. The third-order valence-corrected chi connectivity index (χ3v) is 5.09. The number of para-hydroxylation sites is 1. The number of hydrogen-bond donors (Lipinski definition) is 2. The summed E-state index contributed by atoms with van der Waals surface area (Å²) in [6.07, 6.45) is 4.79. The first-order valence-electron chi connectivity index (χ1n) is 10.1. The van der Waals surface area contributed by atoms with Gasteiger partial charge < -0.3 is 20.4 Å². The molecule has 2 aromatic carbocycles. The maximum Gasteiger partial charge on any atom is 0.258 e. The van der Waals surface area contributed by atoms with Crippen LogP contribution in [0.4, 0.5) is 17.1 Å². The lowest BCUT2D eigenvalue weighted by atomic mass is 10.0. The van der Waals surface area contributed by atoms with Crippen LogP contribution in [0.25, 0.3) is 11.3 Å². The molecule has 1 aliphatic heterocycles. The van der Waals surface area contributed by atoms with Crippen molar-refractivity contribution in [1.29, 1.82) is 0 Å². The first-order valence-corrected chi connectivity index (χ1v) is 10.1. The number of aromatic nitrogens is 2. The standard InChI is InChI=1S/C24H24N6O2/c1-29(2)15-21(31)30(3)17-10-8-16(9-11-17)27-23(20-14-25-12-13-26-20)22-18-6-4-5-7-19(18)28-24(22)32/h4-14,27H,15H2,1-3H3,(H,28,32). The molecule has 162 valence electrons. The molecule has 0 saturated carbocycles. The van der Waals surface area contributed by atoms with E-state index in [1.54, 1.807) is 30.5 Å². The fourth-order valence-corrected chi connectivity index (χ4v) is 3.48. The number of hydrogen-bond acceptors (Lipinski definition) is 6. The van der Waals surface area contributed by atoms with Crippen molar-refractivity contribution in [2.75, 3.05) is 43.2 Å². The predicted molar refractivity (Wildman–Crippen MR) is 126 cm³/mol. The summed E-state index contributed by atoms with van der Waals surface area (Å²) in [6, 6.07) is 15.0. The van der Waals surface area contributed by atoms with Crippen molar-refractivity contribution in [1.82, 2.24) is 14.9 Å². The van der Waals surface area contributed by atoms with Crippen LogP contribution in [-0.2, 0) is 9.59 Å². The van der Waals surface area contributed by atoms with E-state index in [0.29, 0.717) is 23.5 Å². The Kier molecular flexibility index (Phi) is 5.96. The molecule has 0 fully saturated rings. The van der Waals surface area contributed by atoms with Crippen molar-refractivity contribution in [2.45, 2.75) is 0 Å². The second-order valence-corrected chi connectivity index (χ2v) is 7.70. The van der Waals surface area contributed by atoms with Gasteiger partial charge in [0.05, 0.1) is 24.0 Å². The highest BCUT2D eigenvalue weighted by atomic mass is 16.2. The van der Waals surface area contributed by atoms with Crippen LogP contribution in [0.5, 0.6) is 0 Å². The number of likely N-dealkylation sites (N-methyl/N-ethyl adjacent to an activating group) is 2. The third kappa shape index (κ3) is 4.35. The van der Waals surface area contributed by atoms with Gasteiger partial charge in [0.2, 0.25) is 5.91 Å². The number of nitrogens with zero attached hydrogens (tertiary/aromatic N) is 4. The normalized spacial score (nSPS) is 14.1. The topological polar surface area (TPSA) is 90.5 Å². The summed E-state index contributed by atoms with van der Waals surface area (Å²) in [7, 11) is 5.47. The highest BCUT2D eigenvalue weighted by molar-refractivity contribution is 6.37. The summed E-state index contributed by atoms with van der Waals surface area (Å²) in [5.74, 6) is -0.206. The van der Waals surface area contributed by atoms with Gasteiger partial charge in [-0.3, -0.25) is 19.6 Å². The van der Waals surface area contributed by atoms with Gasteiger partial charge in [-0.1, -0.05) is 18.2 Å². The van der Waals surface area contributed by atoms with Crippen molar-refractivity contribution in [2.24, 2.45) is 0 Å². The van der Waals surface area contributed by atoms with Gasteiger partial charge >= 0.3 is 0 Å². The number of carbonyl (C=O) groups is 2. The second kappa shape index (κ2) is 8.99. The zero-order valence-corrected chi connectivity index (χ0v) is 18.2. The predicted octanol–water partition coefficient (Wildman–Crippen LogP) is 2.93. The molecule has 8 heteroatoms. The van der Waals surface area contributed by atoms with Gasteiger partial charge in [0.15, 0.2) is 0 Å². The summed E-state index contributed by atoms with van der Waals surface area (Å²) in [5.41, 5.74) is 4.71. The number of anilines is 3. The van der Waals surface area contributed by atoms with E-state index in [9.17, 15) is 9.59 Å². The van der Waals surface area contributed by atoms with Crippen LogP contribution in [0, 0.1) is 0 Å². The average Bonchev–Trinajstić information content (AvgIpc) is 3.13. The lowest BCUT2D eigenvalue weighted by Crippen LogP contribution is -2.34. The van der Waals surface area contributed by atoms with Crippen molar-refractivity contribution in [3.05, 3.63) is 78.4 Å². The Labute approximate surface area is 186 Å². The molecule has 0 aliphatic carbocycles. The summed E-state index contributed by atoms with van der Waals surface area (Å²) in [5, 5.41) is 6.24. The molecule has 0 spiro atoms. The van der Waals surface area contributed by atoms with Crippen molar-refractivity contribution < 1.29 is 9.59 Å². The first kappa shape index (κ1) is 21.2. The first-order chi connectivity index (χ1) is 15.4. The van der Waals surface area contributed by atoms with Gasteiger partial charge in [-0.2, -0.15) is 0 Å². The molecule has 0 bridgehead atoms. The van der Waals surface area contributed by atoms with E-state index >= 15 is 0 Å². The minimum absolute atomic E-state index is 0.00249. The van der Waals surface area contributed by atoms with Crippen LogP contribution in [0.3, 0.4) is 0 Å². The zero-order chi connectivity index (χ0) is 22.7. The number of rotatable bonds is 6. The van der Waals surface area contributed by atoms with E-state index in [0.717, 1.165) is 22.6 Å². The lowest BCUT2D eigenvalue weighted by Gasteiger charge is -2.20. The summed E-state index contributed by atoms with van der Waals surface area (Å²) in [4.78, 5) is 37.2. The molecule has 8 nitrogen and oxygen atoms in total. The maximum atomic E-state index is 12.8. The Morgan fingerprint density at radius 1 is 1.03 bits per heavy atom. The Hall–Kier alpha value is -4.04. The van der Waals surface area contributed by atoms with Crippen molar-refractivity contribution in [3.63, 3.8) is 0 Å². The van der Waals surface area contributed by atoms with E-state index in [1.807, 2.05) is 67.5 Å². The SMILES string of the molecule is CN(C)CC(=O)N(C)c1ccc(NC(=C2C(=O)Nc3ccccc32)c2cnccn2)cc1. The maximum absolute atomic E-state index is 12.8. The molecule has 0 radical (unpaired) electrons. The van der Waals surface area contributed by atoms with Gasteiger partial charge in [-0.25, -0.2) is 0 Å². The number of fused-ring (bicyclic) bond motifs is 1. The van der Waals surface area contributed by atoms with Crippen LogP contribution in [0.15, 0.2) is 67.1 Å². The highest BCUT2D eigenvalue weighted by Gasteiger charge is 2.28. The molecule has 2 heterocycles. The molecule has 0 unspecified atom stereocenters. The highest BCUT2D eigenvalue weighted by Crippen LogP contribution is 2.36. The third-order valence-electron chi connectivity index (χ3n) is 5.09. The van der Waals surface area contributed by atoms with Gasteiger partial charge in [0.1, 0.15) is 5.69 Å². The summed E-state index contributed by atoms with van der Waals surface area (Å²) < 4.78 is 0. The Morgan fingerprint density at radius 3 is 2.47 bits per heavy atom. The molecule has 32 heavy (non-hydrogen) atoms. The van der Waals surface area contributed by atoms with E-state index in [-0.39, 0.29) is 11.8 Å². The zero-order valence-electron chi connectivity index (χ0n) is 18.2. The smallest absolute Gasteiger partial charge is 0.258 e. The minimum atomic E-state index is -0.204. The van der Waals surface area contributed by atoms with Crippen LogP contribution in [0.2, 0.25) is 0 Å². The lowest BCUT2D eigenvalue weighted by molar-refractivity contribution is -0.119. The molecule has 3 aromatic rings. The summed E-state index contributed by atoms with van der Waals surface area (Å²) >= 11 is 0. The second-order valence-electron chi connectivity index (χ2n) is 7.70. The Balaban J connectivity index is 1.68. The molecule has 4 rings (SSSR count). The van der Waals surface area contributed by atoms with Crippen LogP contribution in [-0.4, -0.2) is 54.4 Å². The molecule has 1 aromatic heterocycles. The van der Waals surface area contributed by atoms with Crippen LogP contribution < -0.4 is 15.5 Å². The van der Waals surface area contributed by atoms with E-state index in [2.05, 4.69) is 20.6 Å². The van der Waals surface area contributed by atoms with Gasteiger partial charge in [0, 0.05) is 42.1 Å². The van der Waals surface area contributed by atoms with Gasteiger partial charge in [0.25, 0.3) is 5.91 Å². The molecular formula is C24H24N6O2. The fourth-order valence-electron chi connectivity index (χ4n) is 3.48. The Morgan fingerprint density at radius 2 is 1.78 bits per heavy atom. The number of nitrogens with one attached hydrogen (secondary N) is 2. The van der Waals surface area contributed by atoms with Crippen molar-refractivity contribution in [3.8, 4) is 0 Å². The number of benzene rings is 2. The average molecular weight is 428 g/mol. The summed E-state index contributed by atoms with van der Waals surface area (Å²) in [6.45, 7) is 0.327. The molecule has 0 saturated heterocycles. The quantitative estimate of drug-likeness (QED) is 0.587. The van der Waals surface area contributed by atoms with E-state index in [1.165, 1.54) is 0 Å². The van der Waals surface area contributed by atoms with E-state index < -0.39 is 0 Å². The number of carbonyl (C=O) groups excluding carboxylic acids is 2. The fraction of sp³-hybridized carbons (Fsp3) is 0.167. The van der Waals surface area contributed by atoms with Gasteiger partial charge in [-0.05, 0) is 44.4 Å². The van der Waals surface area contributed by atoms with Gasteiger partial charge in [-0.15, -0.1) is 0 Å². The number of amides is 2. The molecular weight excluding hydrogens is 404 g/mol. The molecule has 0 atom stereocenters. The Bertz CT molecular complexity index is 1170. The van der Waals surface area contributed by atoms with E-state index in [4.69, 9.17) is 0 Å². The van der Waals surface area contributed by atoms with Crippen LogP contribution in [0.1, 0.15) is 11.3 Å². The van der Waals surface area contributed by atoms with Crippen LogP contribution >= 0.6 is 0 Å². The molecule has 2 amide bonds. The monoisotopic (exact) mass is 428 g/mol. The molecule has 2 N–H and O–H groups in total. The van der Waals surface area contributed by atoms with Crippen molar-refractivity contribution >= 4 is 40.1 Å². The minimum Gasteiger partial charge on any atom is -0.353 e. The largest absolute Gasteiger partial charge is 0.353 e.